The van der Waals surface area contributed by atoms with Crippen LogP contribution in [0.15, 0.2) is 72.4 Å². The van der Waals surface area contributed by atoms with E-state index < -0.39 is 0 Å². The highest BCUT2D eigenvalue weighted by Crippen LogP contribution is 2.28. The van der Waals surface area contributed by atoms with E-state index in [9.17, 15) is 4.79 Å². The zero-order valence-electron chi connectivity index (χ0n) is 17.4. The largest absolute Gasteiger partial charge is 0.490 e. The molecule has 1 amide bonds. The van der Waals surface area contributed by atoms with Crippen molar-refractivity contribution in [3.05, 3.63) is 67.3 Å². The van der Waals surface area contributed by atoms with Gasteiger partial charge in [0.2, 0.25) is 5.91 Å². The molecule has 3 aromatic rings. The standard InChI is InChI=1S/C24H26N4O2S/c1-2-16-28-23(18-12-14-21(15-13-18)30-20-10-6-7-11-20)26-27-24(28)31-17-22(29)25-19-8-4-3-5-9-19/h2-5,8-9,12-15,20H,1,6-7,10-11,16-17H2,(H,25,29). The predicted octanol–water partition coefficient (Wildman–Crippen LogP) is 5.18. The van der Waals surface area contributed by atoms with E-state index in [0.29, 0.717) is 17.8 Å². The van der Waals surface area contributed by atoms with Crippen LogP contribution in [0, 0.1) is 0 Å². The molecule has 160 valence electrons. The van der Waals surface area contributed by atoms with E-state index >= 15 is 0 Å². The molecule has 0 aliphatic heterocycles. The molecule has 0 saturated heterocycles. The maximum absolute atomic E-state index is 12.3. The van der Waals surface area contributed by atoms with Crippen molar-refractivity contribution in [3.8, 4) is 17.1 Å². The molecule has 0 bridgehead atoms. The number of para-hydroxylation sites is 1. The Labute approximate surface area is 186 Å². The molecular formula is C24H26N4O2S. The zero-order valence-corrected chi connectivity index (χ0v) is 18.2. The van der Waals surface area contributed by atoms with E-state index in [1.165, 1.54) is 24.6 Å². The van der Waals surface area contributed by atoms with Gasteiger partial charge in [0.25, 0.3) is 0 Å². The number of ether oxygens (including phenoxy) is 1. The molecule has 2 aromatic carbocycles. The minimum absolute atomic E-state index is 0.0840. The summed E-state index contributed by atoms with van der Waals surface area (Å²) < 4.78 is 8.03. The Morgan fingerprint density at radius 3 is 2.58 bits per heavy atom. The van der Waals surface area contributed by atoms with E-state index in [1.807, 2.05) is 59.2 Å². The van der Waals surface area contributed by atoms with Gasteiger partial charge in [0.15, 0.2) is 11.0 Å². The first-order chi connectivity index (χ1) is 15.2. The first kappa shape index (κ1) is 21.2. The lowest BCUT2D eigenvalue weighted by atomic mass is 10.2. The highest BCUT2D eigenvalue weighted by molar-refractivity contribution is 7.99. The molecule has 6 nitrogen and oxygen atoms in total. The van der Waals surface area contributed by atoms with Crippen molar-refractivity contribution >= 4 is 23.4 Å². The summed E-state index contributed by atoms with van der Waals surface area (Å²) in [4.78, 5) is 12.3. The Morgan fingerprint density at radius 2 is 1.87 bits per heavy atom. The van der Waals surface area contributed by atoms with Gasteiger partial charge < -0.3 is 10.1 Å². The number of amides is 1. The molecule has 1 saturated carbocycles. The number of nitrogens with one attached hydrogen (secondary N) is 1. The molecule has 0 unspecified atom stereocenters. The normalized spacial score (nSPS) is 13.8. The van der Waals surface area contributed by atoms with Crippen LogP contribution in [0.3, 0.4) is 0 Å². The fourth-order valence-electron chi connectivity index (χ4n) is 3.63. The summed E-state index contributed by atoms with van der Waals surface area (Å²) in [5.74, 6) is 1.80. The molecule has 1 aliphatic rings. The quantitative estimate of drug-likeness (QED) is 0.371. The number of rotatable bonds is 9. The molecule has 7 heteroatoms. The number of hydrogen-bond acceptors (Lipinski definition) is 5. The van der Waals surface area contributed by atoms with E-state index in [1.54, 1.807) is 6.08 Å². The maximum Gasteiger partial charge on any atom is 0.234 e. The third kappa shape index (κ3) is 5.55. The smallest absolute Gasteiger partial charge is 0.234 e. The first-order valence-electron chi connectivity index (χ1n) is 10.5. The average Bonchev–Trinajstić information content (AvgIpc) is 3.44. The van der Waals surface area contributed by atoms with Gasteiger partial charge in [-0.25, -0.2) is 0 Å². The third-order valence-electron chi connectivity index (χ3n) is 5.14. The van der Waals surface area contributed by atoms with Gasteiger partial charge in [-0.15, -0.1) is 16.8 Å². The van der Waals surface area contributed by atoms with Crippen molar-refractivity contribution in [3.63, 3.8) is 0 Å². The highest BCUT2D eigenvalue weighted by atomic mass is 32.2. The molecule has 4 rings (SSSR count). The fraction of sp³-hybridized carbons (Fsp3) is 0.292. The molecule has 1 aromatic heterocycles. The van der Waals surface area contributed by atoms with Crippen molar-refractivity contribution in [1.82, 2.24) is 14.8 Å². The van der Waals surface area contributed by atoms with Crippen LogP contribution in [0.2, 0.25) is 0 Å². The molecule has 0 radical (unpaired) electrons. The van der Waals surface area contributed by atoms with Gasteiger partial charge in [-0.2, -0.15) is 0 Å². The monoisotopic (exact) mass is 434 g/mol. The molecule has 1 aliphatic carbocycles. The Morgan fingerprint density at radius 1 is 1.13 bits per heavy atom. The van der Waals surface area contributed by atoms with Crippen molar-refractivity contribution in [2.75, 3.05) is 11.1 Å². The van der Waals surface area contributed by atoms with Gasteiger partial charge in [-0.1, -0.05) is 36.0 Å². The van der Waals surface area contributed by atoms with Gasteiger partial charge in [0, 0.05) is 17.8 Å². The van der Waals surface area contributed by atoms with Gasteiger partial charge in [0.05, 0.1) is 11.9 Å². The summed E-state index contributed by atoms with van der Waals surface area (Å²) in [5.41, 5.74) is 1.73. The Bertz CT molecular complexity index is 1010. The van der Waals surface area contributed by atoms with E-state index in [4.69, 9.17) is 4.74 Å². The van der Waals surface area contributed by atoms with E-state index in [2.05, 4.69) is 22.1 Å². The second kappa shape index (κ2) is 10.3. The lowest BCUT2D eigenvalue weighted by molar-refractivity contribution is -0.113. The van der Waals surface area contributed by atoms with Crippen molar-refractivity contribution in [2.24, 2.45) is 0 Å². The van der Waals surface area contributed by atoms with Crippen LogP contribution in [-0.2, 0) is 11.3 Å². The Kier molecular flexibility index (Phi) is 7.04. The minimum Gasteiger partial charge on any atom is -0.490 e. The number of carbonyl (C=O) groups is 1. The summed E-state index contributed by atoms with van der Waals surface area (Å²) in [6, 6.07) is 17.4. The topological polar surface area (TPSA) is 69.0 Å². The van der Waals surface area contributed by atoms with Crippen molar-refractivity contribution in [1.29, 1.82) is 0 Å². The van der Waals surface area contributed by atoms with Gasteiger partial charge in [0.1, 0.15) is 5.75 Å². The van der Waals surface area contributed by atoms with Crippen LogP contribution in [0.4, 0.5) is 5.69 Å². The number of allylic oxidation sites excluding steroid dienone is 1. The van der Waals surface area contributed by atoms with Crippen molar-refractivity contribution < 1.29 is 9.53 Å². The van der Waals surface area contributed by atoms with Gasteiger partial charge in [-0.3, -0.25) is 9.36 Å². The van der Waals surface area contributed by atoms with Crippen LogP contribution < -0.4 is 10.1 Å². The number of anilines is 1. The van der Waals surface area contributed by atoms with Gasteiger partial charge in [-0.05, 0) is 62.1 Å². The SMILES string of the molecule is C=CCn1c(SCC(=O)Nc2ccccc2)nnc1-c1ccc(OC2CCCC2)cc1. The zero-order chi connectivity index (χ0) is 21.5. The fourth-order valence-corrected chi connectivity index (χ4v) is 4.38. The average molecular weight is 435 g/mol. The number of carbonyl (C=O) groups excluding carboxylic acids is 1. The number of aromatic nitrogens is 3. The molecule has 0 spiro atoms. The van der Waals surface area contributed by atoms with Crippen LogP contribution in [0.25, 0.3) is 11.4 Å². The molecule has 1 N–H and O–H groups in total. The molecule has 0 atom stereocenters. The number of thioether (sulfide) groups is 1. The van der Waals surface area contributed by atoms with Crippen molar-refractivity contribution in [2.45, 2.75) is 43.5 Å². The number of hydrogen-bond donors (Lipinski definition) is 1. The Hall–Kier alpha value is -3.06. The maximum atomic E-state index is 12.3. The summed E-state index contributed by atoms with van der Waals surface area (Å²) in [7, 11) is 0. The van der Waals surface area contributed by atoms with Crippen LogP contribution >= 0.6 is 11.8 Å². The second-order valence-electron chi connectivity index (χ2n) is 7.46. The molecule has 1 fully saturated rings. The molecule has 31 heavy (non-hydrogen) atoms. The Balaban J connectivity index is 1.42. The number of nitrogens with zero attached hydrogens (tertiary/aromatic N) is 3. The summed E-state index contributed by atoms with van der Waals surface area (Å²) in [5, 5.41) is 12.3. The van der Waals surface area contributed by atoms with Gasteiger partial charge >= 0.3 is 0 Å². The predicted molar refractivity (Wildman–Crippen MR) is 124 cm³/mol. The summed E-state index contributed by atoms with van der Waals surface area (Å²) in [6.07, 6.45) is 6.90. The third-order valence-corrected chi connectivity index (χ3v) is 6.10. The summed E-state index contributed by atoms with van der Waals surface area (Å²) >= 11 is 1.36. The first-order valence-corrected chi connectivity index (χ1v) is 11.5. The van der Waals surface area contributed by atoms with E-state index in [0.717, 1.165) is 35.7 Å². The van der Waals surface area contributed by atoms with Crippen LogP contribution in [0.1, 0.15) is 25.7 Å². The number of benzene rings is 2. The van der Waals surface area contributed by atoms with E-state index in [-0.39, 0.29) is 11.7 Å². The van der Waals surface area contributed by atoms with Crippen LogP contribution in [0.5, 0.6) is 5.75 Å². The minimum atomic E-state index is -0.0840. The lowest BCUT2D eigenvalue weighted by Gasteiger charge is -2.13. The molecule has 1 heterocycles. The highest BCUT2D eigenvalue weighted by Gasteiger charge is 2.18. The molecular weight excluding hydrogens is 408 g/mol. The second-order valence-corrected chi connectivity index (χ2v) is 8.40. The lowest BCUT2D eigenvalue weighted by Crippen LogP contribution is -2.14. The van der Waals surface area contributed by atoms with Crippen LogP contribution in [-0.4, -0.2) is 32.5 Å². The summed E-state index contributed by atoms with van der Waals surface area (Å²) in [6.45, 7) is 4.41.